The molecular formula is C29H39N3O3. The molecule has 2 aromatic rings. The van der Waals surface area contributed by atoms with E-state index in [1.54, 1.807) is 4.90 Å². The standard InChI is InChI=1S/C29H39N3O3/c1-4-29(2,3)23-12-13-26-25(19-23)32(28(34)21-35-26)16-8-11-27(33)30-24-14-17-31(18-15-24)20-22-9-6-5-7-10-22/h5-7,9-10,12-13,19,24H,4,8,11,14-18,20-21H2,1-3H3,(H,30,33). The summed E-state index contributed by atoms with van der Waals surface area (Å²) in [7, 11) is 0. The van der Waals surface area contributed by atoms with E-state index >= 15 is 0 Å². The Morgan fingerprint density at radius 2 is 1.86 bits per heavy atom. The lowest BCUT2D eigenvalue weighted by molar-refractivity contribution is -0.123. The maximum Gasteiger partial charge on any atom is 0.265 e. The Morgan fingerprint density at radius 1 is 1.11 bits per heavy atom. The van der Waals surface area contributed by atoms with Crippen molar-refractivity contribution in [3.63, 3.8) is 0 Å². The van der Waals surface area contributed by atoms with Crippen LogP contribution in [0.1, 0.15) is 64.0 Å². The Morgan fingerprint density at radius 3 is 2.57 bits per heavy atom. The van der Waals surface area contributed by atoms with E-state index in [1.165, 1.54) is 11.1 Å². The number of nitrogens with zero attached hydrogens (tertiary/aromatic N) is 2. The second-order valence-corrected chi connectivity index (χ2v) is 10.5. The molecule has 2 amide bonds. The zero-order valence-corrected chi connectivity index (χ0v) is 21.4. The molecule has 1 fully saturated rings. The predicted molar refractivity (Wildman–Crippen MR) is 140 cm³/mol. The summed E-state index contributed by atoms with van der Waals surface area (Å²) in [4.78, 5) is 29.5. The predicted octanol–water partition coefficient (Wildman–Crippen LogP) is 4.66. The molecule has 2 heterocycles. The summed E-state index contributed by atoms with van der Waals surface area (Å²) in [5.41, 5.74) is 3.38. The second-order valence-electron chi connectivity index (χ2n) is 10.5. The number of likely N-dealkylation sites (tertiary alicyclic amines) is 1. The molecule has 6 nitrogen and oxygen atoms in total. The number of anilines is 1. The van der Waals surface area contributed by atoms with Crippen molar-refractivity contribution < 1.29 is 14.3 Å². The van der Waals surface area contributed by atoms with Gasteiger partial charge in [-0.1, -0.05) is 57.2 Å². The molecule has 35 heavy (non-hydrogen) atoms. The number of benzene rings is 2. The summed E-state index contributed by atoms with van der Waals surface area (Å²) in [6, 6.07) is 16.9. The Balaban J connectivity index is 1.25. The van der Waals surface area contributed by atoms with E-state index < -0.39 is 0 Å². The van der Waals surface area contributed by atoms with E-state index in [-0.39, 0.29) is 29.9 Å². The fourth-order valence-corrected chi connectivity index (χ4v) is 4.85. The first-order valence-corrected chi connectivity index (χ1v) is 13.0. The fourth-order valence-electron chi connectivity index (χ4n) is 4.85. The third-order valence-electron chi connectivity index (χ3n) is 7.55. The number of carbonyl (C=O) groups is 2. The van der Waals surface area contributed by atoms with Crippen LogP contribution in [0.5, 0.6) is 5.75 Å². The Labute approximate surface area is 209 Å². The van der Waals surface area contributed by atoms with Gasteiger partial charge in [0.1, 0.15) is 5.75 Å². The molecule has 0 spiro atoms. The molecular weight excluding hydrogens is 438 g/mol. The second kappa shape index (κ2) is 11.3. The van der Waals surface area contributed by atoms with Gasteiger partial charge in [-0.05, 0) is 54.4 Å². The SMILES string of the molecule is CCC(C)(C)c1ccc2c(c1)N(CCCC(=O)NC1CCN(Cc3ccccc3)CC1)C(=O)CO2. The van der Waals surface area contributed by atoms with Gasteiger partial charge >= 0.3 is 0 Å². The van der Waals surface area contributed by atoms with Gasteiger partial charge in [0.2, 0.25) is 5.91 Å². The van der Waals surface area contributed by atoms with Crippen molar-refractivity contribution in [2.75, 3.05) is 31.1 Å². The molecule has 2 aliphatic rings. The molecule has 188 valence electrons. The maximum atomic E-state index is 12.6. The number of fused-ring (bicyclic) bond motifs is 1. The molecule has 0 aliphatic carbocycles. The minimum Gasteiger partial charge on any atom is -0.482 e. The van der Waals surface area contributed by atoms with Crippen LogP contribution in [0.2, 0.25) is 0 Å². The molecule has 1 saturated heterocycles. The van der Waals surface area contributed by atoms with Crippen LogP contribution in [-0.4, -0.2) is 49.0 Å². The monoisotopic (exact) mass is 477 g/mol. The molecule has 2 aromatic carbocycles. The van der Waals surface area contributed by atoms with Crippen molar-refractivity contribution in [2.24, 2.45) is 0 Å². The third-order valence-corrected chi connectivity index (χ3v) is 7.55. The van der Waals surface area contributed by atoms with Gasteiger partial charge in [0.05, 0.1) is 5.69 Å². The van der Waals surface area contributed by atoms with E-state index in [2.05, 4.69) is 67.4 Å². The molecule has 6 heteroatoms. The quantitative estimate of drug-likeness (QED) is 0.571. The highest BCUT2D eigenvalue weighted by molar-refractivity contribution is 5.98. The van der Waals surface area contributed by atoms with E-state index in [1.807, 2.05) is 12.1 Å². The third kappa shape index (κ3) is 6.43. The van der Waals surface area contributed by atoms with E-state index in [0.29, 0.717) is 19.4 Å². The van der Waals surface area contributed by atoms with Gasteiger partial charge in [0.25, 0.3) is 5.91 Å². The van der Waals surface area contributed by atoms with Crippen LogP contribution in [0.4, 0.5) is 5.69 Å². The molecule has 0 atom stereocenters. The fraction of sp³-hybridized carbons (Fsp3) is 0.517. The Kier molecular flexibility index (Phi) is 8.11. The summed E-state index contributed by atoms with van der Waals surface area (Å²) in [5.74, 6) is 0.774. The summed E-state index contributed by atoms with van der Waals surface area (Å²) >= 11 is 0. The highest BCUT2D eigenvalue weighted by Gasteiger charge is 2.28. The minimum atomic E-state index is -0.0462. The molecule has 2 aliphatic heterocycles. The van der Waals surface area contributed by atoms with Gasteiger partial charge in [-0.3, -0.25) is 14.5 Å². The van der Waals surface area contributed by atoms with Crippen molar-refractivity contribution in [3.05, 3.63) is 59.7 Å². The summed E-state index contributed by atoms with van der Waals surface area (Å²) in [6.45, 7) is 10.1. The van der Waals surface area contributed by atoms with Crippen LogP contribution < -0.4 is 15.0 Å². The highest BCUT2D eigenvalue weighted by Crippen LogP contribution is 2.37. The van der Waals surface area contributed by atoms with Crippen LogP contribution in [0.25, 0.3) is 0 Å². The number of ether oxygens (including phenoxy) is 1. The number of nitrogens with one attached hydrogen (secondary N) is 1. The molecule has 0 bridgehead atoms. The minimum absolute atomic E-state index is 0.0255. The number of piperidine rings is 1. The average molecular weight is 478 g/mol. The first-order valence-electron chi connectivity index (χ1n) is 13.0. The lowest BCUT2D eigenvalue weighted by atomic mass is 9.82. The van der Waals surface area contributed by atoms with Gasteiger partial charge in [0, 0.05) is 38.6 Å². The molecule has 4 rings (SSSR count). The number of hydrogen-bond acceptors (Lipinski definition) is 4. The first-order chi connectivity index (χ1) is 16.9. The van der Waals surface area contributed by atoms with Crippen LogP contribution >= 0.6 is 0 Å². The topological polar surface area (TPSA) is 61.9 Å². The van der Waals surface area contributed by atoms with E-state index in [4.69, 9.17) is 4.74 Å². The lowest BCUT2D eigenvalue weighted by Gasteiger charge is -2.33. The maximum absolute atomic E-state index is 12.6. The number of amides is 2. The van der Waals surface area contributed by atoms with Crippen molar-refractivity contribution in [1.82, 2.24) is 10.2 Å². The molecule has 0 unspecified atom stereocenters. The summed E-state index contributed by atoms with van der Waals surface area (Å²) < 4.78 is 5.67. The smallest absolute Gasteiger partial charge is 0.265 e. The van der Waals surface area contributed by atoms with Crippen LogP contribution in [0.3, 0.4) is 0 Å². The van der Waals surface area contributed by atoms with Gasteiger partial charge in [-0.25, -0.2) is 0 Å². The van der Waals surface area contributed by atoms with Crippen molar-refractivity contribution in [2.45, 2.75) is 70.9 Å². The van der Waals surface area contributed by atoms with Gasteiger partial charge in [-0.15, -0.1) is 0 Å². The van der Waals surface area contributed by atoms with Crippen LogP contribution in [0, 0.1) is 0 Å². The summed E-state index contributed by atoms with van der Waals surface area (Å²) in [6.07, 6.45) is 4.01. The Hall–Kier alpha value is -2.86. The molecule has 0 radical (unpaired) electrons. The van der Waals surface area contributed by atoms with Gasteiger partial charge in [-0.2, -0.15) is 0 Å². The zero-order valence-electron chi connectivity index (χ0n) is 21.4. The Bertz CT molecular complexity index is 1010. The zero-order chi connectivity index (χ0) is 24.8. The van der Waals surface area contributed by atoms with Crippen molar-refractivity contribution >= 4 is 17.5 Å². The van der Waals surface area contributed by atoms with Crippen LogP contribution in [-0.2, 0) is 21.5 Å². The number of carbonyl (C=O) groups excluding carboxylic acids is 2. The molecule has 1 N–H and O–H groups in total. The molecule has 0 aromatic heterocycles. The van der Waals surface area contributed by atoms with Crippen molar-refractivity contribution in [3.8, 4) is 5.75 Å². The largest absolute Gasteiger partial charge is 0.482 e. The van der Waals surface area contributed by atoms with Crippen molar-refractivity contribution in [1.29, 1.82) is 0 Å². The van der Waals surface area contributed by atoms with E-state index in [9.17, 15) is 9.59 Å². The van der Waals surface area contributed by atoms with Gasteiger partial charge in [0.15, 0.2) is 6.61 Å². The number of rotatable bonds is 9. The first kappa shape index (κ1) is 25.2. The van der Waals surface area contributed by atoms with Crippen LogP contribution in [0.15, 0.2) is 48.5 Å². The highest BCUT2D eigenvalue weighted by atomic mass is 16.5. The summed E-state index contributed by atoms with van der Waals surface area (Å²) in [5, 5.41) is 3.21. The normalized spacial score (nSPS) is 17.1. The molecule has 0 saturated carbocycles. The lowest BCUT2D eigenvalue weighted by Crippen LogP contribution is -2.44. The van der Waals surface area contributed by atoms with Gasteiger partial charge < -0.3 is 15.0 Å². The average Bonchev–Trinajstić information content (AvgIpc) is 2.87. The number of hydrogen-bond donors (Lipinski definition) is 1. The van der Waals surface area contributed by atoms with E-state index in [0.717, 1.165) is 50.3 Å².